The molecule has 0 bridgehead atoms. The zero-order valence-electron chi connectivity index (χ0n) is 30.9. The van der Waals surface area contributed by atoms with Crippen LogP contribution < -0.4 is 9.47 Å². The molecule has 3 fully saturated rings. The number of alkyl halides is 3. The summed E-state index contributed by atoms with van der Waals surface area (Å²) in [7, 11) is -1.57. The second kappa shape index (κ2) is 14.7. The van der Waals surface area contributed by atoms with Gasteiger partial charge in [0.15, 0.2) is 5.65 Å². The fourth-order valence-corrected chi connectivity index (χ4v) is 11.3. The molecule has 0 amide bonds. The van der Waals surface area contributed by atoms with Crippen LogP contribution in [0.3, 0.4) is 0 Å². The Labute approximate surface area is 319 Å². The van der Waals surface area contributed by atoms with Crippen molar-refractivity contribution in [2.75, 3.05) is 59.2 Å². The molecule has 4 aliphatic heterocycles. The number of hydrogen-bond acceptors (Lipinski definition) is 10. The topological polar surface area (TPSA) is 104 Å². The summed E-state index contributed by atoms with van der Waals surface area (Å²) >= 11 is 1.80. The van der Waals surface area contributed by atoms with Crippen molar-refractivity contribution in [3.63, 3.8) is 0 Å². The number of thioether (sulfide) groups is 1. The molecule has 3 atom stereocenters. The number of aromatic nitrogens is 4. The van der Waals surface area contributed by atoms with Gasteiger partial charge < -0.3 is 18.9 Å². The standard InChI is InChI=1S/C38H45F3N6O5S2/c1-24-5-6-26(31-32(53-36(31,3)4)28-9-12-47-33(25(28)2)43-44-35(47)38(39,40)41)21-27(24)22-46-23-37(10-16-49-17-11-37)52-34-29(54(46)48)7-8-30(42-34)51-20-15-45-13-18-50-19-14-45/h5-9,12,21,31-32H,10-11,13-20,22-23H2,1-4H3. The van der Waals surface area contributed by atoms with E-state index in [0.717, 1.165) is 59.5 Å². The average molecular weight is 787 g/mol. The predicted molar refractivity (Wildman–Crippen MR) is 198 cm³/mol. The highest BCUT2D eigenvalue weighted by molar-refractivity contribution is 8.02. The smallest absolute Gasteiger partial charge is 0.452 e. The molecule has 8 rings (SSSR count). The molecule has 1 spiro atoms. The lowest BCUT2D eigenvalue weighted by atomic mass is 9.79. The molecule has 4 aliphatic rings. The van der Waals surface area contributed by atoms with Gasteiger partial charge in [0.05, 0.1) is 33.0 Å². The van der Waals surface area contributed by atoms with Crippen molar-refractivity contribution >= 4 is 28.4 Å². The number of fused-ring (bicyclic) bond motifs is 2. The van der Waals surface area contributed by atoms with E-state index in [4.69, 9.17) is 23.9 Å². The third-order valence-corrected chi connectivity index (χ3v) is 14.2. The molecule has 0 N–H and O–H groups in total. The van der Waals surface area contributed by atoms with Crippen molar-refractivity contribution in [1.29, 1.82) is 0 Å². The number of hydrogen-bond donors (Lipinski definition) is 0. The Morgan fingerprint density at radius 3 is 2.52 bits per heavy atom. The van der Waals surface area contributed by atoms with Crippen LogP contribution in [-0.2, 0) is 33.2 Å². The number of pyridine rings is 2. The Bertz CT molecular complexity index is 2050. The summed E-state index contributed by atoms with van der Waals surface area (Å²) in [6.45, 7) is 14.6. The minimum Gasteiger partial charge on any atom is -0.476 e. The van der Waals surface area contributed by atoms with E-state index in [2.05, 4.69) is 54.1 Å². The summed E-state index contributed by atoms with van der Waals surface area (Å²) in [5.74, 6) is -0.183. The first-order valence-electron chi connectivity index (χ1n) is 18.4. The van der Waals surface area contributed by atoms with Crippen LogP contribution in [0.5, 0.6) is 11.8 Å². The molecule has 16 heteroatoms. The van der Waals surface area contributed by atoms with E-state index in [1.807, 2.05) is 17.3 Å². The van der Waals surface area contributed by atoms with Crippen LogP contribution in [0.25, 0.3) is 5.65 Å². The van der Waals surface area contributed by atoms with E-state index in [9.17, 15) is 17.4 Å². The van der Waals surface area contributed by atoms with Crippen molar-refractivity contribution in [3.8, 4) is 11.8 Å². The van der Waals surface area contributed by atoms with Crippen molar-refractivity contribution in [1.82, 2.24) is 28.8 Å². The zero-order chi connectivity index (χ0) is 37.8. The minimum atomic E-state index is -4.60. The highest BCUT2D eigenvalue weighted by atomic mass is 32.2. The van der Waals surface area contributed by atoms with Crippen LogP contribution in [0.1, 0.15) is 71.5 Å². The third kappa shape index (κ3) is 7.25. The van der Waals surface area contributed by atoms with Crippen LogP contribution in [-0.4, -0.2) is 103 Å². The van der Waals surface area contributed by atoms with Gasteiger partial charge in [-0.3, -0.25) is 9.30 Å². The maximum atomic E-state index is 14.5. The minimum absolute atomic E-state index is 0.000977. The molecule has 290 valence electrons. The Morgan fingerprint density at radius 2 is 1.78 bits per heavy atom. The molecule has 0 aliphatic carbocycles. The highest BCUT2D eigenvalue weighted by Crippen LogP contribution is 2.65. The summed E-state index contributed by atoms with van der Waals surface area (Å²) < 4.78 is 82.1. The van der Waals surface area contributed by atoms with E-state index in [0.29, 0.717) is 68.0 Å². The zero-order valence-corrected chi connectivity index (χ0v) is 32.5. The third-order valence-electron chi connectivity index (χ3n) is 11.2. The number of nitrogens with zero attached hydrogens (tertiary/aromatic N) is 6. The normalized spacial score (nSPS) is 24.5. The monoisotopic (exact) mass is 786 g/mol. The molecule has 0 saturated carbocycles. The molecule has 1 aromatic carbocycles. The van der Waals surface area contributed by atoms with E-state index >= 15 is 0 Å². The van der Waals surface area contributed by atoms with Crippen molar-refractivity contribution in [2.24, 2.45) is 0 Å². The van der Waals surface area contributed by atoms with Crippen molar-refractivity contribution in [2.45, 2.75) is 79.7 Å². The van der Waals surface area contributed by atoms with Gasteiger partial charge in [0.2, 0.25) is 17.6 Å². The first-order chi connectivity index (χ1) is 25.8. The van der Waals surface area contributed by atoms with Gasteiger partial charge in [-0.25, -0.2) is 8.51 Å². The van der Waals surface area contributed by atoms with Gasteiger partial charge in [-0.15, -0.1) is 22.0 Å². The Kier molecular flexibility index (Phi) is 10.2. The number of morpholine rings is 1. The van der Waals surface area contributed by atoms with Gasteiger partial charge >= 0.3 is 6.18 Å². The molecule has 7 heterocycles. The number of rotatable bonds is 8. The van der Waals surface area contributed by atoms with E-state index in [1.165, 1.54) is 6.20 Å². The van der Waals surface area contributed by atoms with Gasteiger partial charge in [0.1, 0.15) is 28.1 Å². The van der Waals surface area contributed by atoms with Gasteiger partial charge in [0, 0.05) is 67.2 Å². The molecule has 3 saturated heterocycles. The summed E-state index contributed by atoms with van der Waals surface area (Å²) in [5.41, 5.74) is 4.46. The van der Waals surface area contributed by atoms with Gasteiger partial charge in [-0.1, -0.05) is 32.0 Å². The molecular formula is C38H45F3N6O5S2. The summed E-state index contributed by atoms with van der Waals surface area (Å²) in [5, 5.41) is 7.39. The summed E-state index contributed by atoms with van der Waals surface area (Å²) in [6, 6.07) is 11.8. The van der Waals surface area contributed by atoms with Gasteiger partial charge in [-0.2, -0.15) is 18.2 Å². The quantitative estimate of drug-likeness (QED) is 0.203. The number of benzene rings is 1. The van der Waals surface area contributed by atoms with E-state index in [1.54, 1.807) is 23.9 Å². The van der Waals surface area contributed by atoms with Crippen LogP contribution in [0.15, 0.2) is 47.5 Å². The second-order valence-corrected chi connectivity index (χ2v) is 18.4. The molecule has 0 radical (unpaired) electrons. The van der Waals surface area contributed by atoms with Gasteiger partial charge in [0.25, 0.3) is 0 Å². The lowest BCUT2D eigenvalue weighted by Crippen LogP contribution is -2.49. The number of ether oxygens (including phenoxy) is 4. The van der Waals surface area contributed by atoms with E-state index in [-0.39, 0.29) is 21.6 Å². The number of halogens is 3. The second-order valence-electron chi connectivity index (χ2n) is 15.1. The maximum absolute atomic E-state index is 14.5. The molecule has 4 aromatic rings. The average Bonchev–Trinajstić information content (AvgIpc) is 3.55. The molecule has 3 unspecified atom stereocenters. The molecule has 11 nitrogen and oxygen atoms in total. The predicted octanol–water partition coefficient (Wildman–Crippen LogP) is 6.29. The van der Waals surface area contributed by atoms with Crippen LogP contribution in [0.2, 0.25) is 0 Å². The largest absolute Gasteiger partial charge is 0.476 e. The SMILES string of the molecule is Cc1ccc(C2C(c3ccn4c(C(F)(F)F)nnc4c3C)SC2(C)C)cc1CN1CC2(CCOCC2)Oc2nc(OCCN3CCOCC3)ccc2S1=O. The first-order valence-corrected chi connectivity index (χ1v) is 20.4. The van der Waals surface area contributed by atoms with Crippen molar-refractivity contribution < 1.29 is 36.3 Å². The lowest BCUT2D eigenvalue weighted by Gasteiger charge is -2.52. The van der Waals surface area contributed by atoms with Crippen LogP contribution >= 0.6 is 11.8 Å². The molecule has 3 aromatic heterocycles. The van der Waals surface area contributed by atoms with Gasteiger partial charge in [-0.05, 0) is 53.8 Å². The maximum Gasteiger partial charge on any atom is 0.452 e. The van der Waals surface area contributed by atoms with E-state index < -0.39 is 28.6 Å². The Hall–Kier alpha value is -3.28. The first kappa shape index (κ1) is 37.6. The molecule has 54 heavy (non-hydrogen) atoms. The van der Waals surface area contributed by atoms with Crippen LogP contribution in [0.4, 0.5) is 13.2 Å². The Balaban J connectivity index is 1.06. The van der Waals surface area contributed by atoms with Crippen molar-refractivity contribution in [3.05, 3.63) is 76.2 Å². The Morgan fingerprint density at radius 1 is 1.02 bits per heavy atom. The van der Waals surface area contributed by atoms with Crippen LogP contribution in [0, 0.1) is 13.8 Å². The fourth-order valence-electron chi connectivity index (χ4n) is 8.10. The summed E-state index contributed by atoms with van der Waals surface area (Å²) in [4.78, 5) is 7.55. The summed E-state index contributed by atoms with van der Waals surface area (Å²) in [6.07, 6.45) is -1.90. The highest BCUT2D eigenvalue weighted by Gasteiger charge is 2.51. The lowest BCUT2D eigenvalue weighted by molar-refractivity contribution is -0.145. The number of aryl methyl sites for hydroxylation is 2. The molecular weight excluding hydrogens is 742 g/mol. The fraction of sp³-hybridized carbons (Fsp3) is 0.553.